The van der Waals surface area contributed by atoms with Crippen LogP contribution in [-0.4, -0.2) is 30.2 Å². The van der Waals surface area contributed by atoms with Crippen LogP contribution in [0, 0.1) is 0 Å². The molecule has 3 aromatic rings. The van der Waals surface area contributed by atoms with Crippen LogP contribution >= 0.6 is 0 Å². The third-order valence-electron chi connectivity index (χ3n) is 4.44. The Labute approximate surface area is 154 Å². The zero-order valence-electron chi connectivity index (χ0n) is 15.4. The van der Waals surface area contributed by atoms with E-state index in [1.54, 1.807) is 6.20 Å². The topological polar surface area (TPSA) is 61.0 Å². The van der Waals surface area contributed by atoms with E-state index in [1.807, 2.05) is 55.4 Å². The molecule has 3 rings (SSSR count). The zero-order chi connectivity index (χ0) is 18.5. The fourth-order valence-corrected chi connectivity index (χ4v) is 2.77. The molecule has 0 aliphatic heterocycles. The Morgan fingerprint density at radius 1 is 1.04 bits per heavy atom. The second-order valence-electron chi connectivity index (χ2n) is 6.45. The number of anilines is 1. The Morgan fingerprint density at radius 3 is 2.31 bits per heavy atom. The van der Waals surface area contributed by atoms with Gasteiger partial charge in [-0.2, -0.15) is 5.10 Å². The number of aromatic amines is 1. The van der Waals surface area contributed by atoms with E-state index in [2.05, 4.69) is 34.6 Å². The lowest BCUT2D eigenvalue weighted by Gasteiger charge is -2.13. The first-order valence-corrected chi connectivity index (χ1v) is 8.75. The van der Waals surface area contributed by atoms with Gasteiger partial charge < -0.3 is 10.2 Å². The lowest BCUT2D eigenvalue weighted by Crippen LogP contribution is -2.23. The molecule has 26 heavy (non-hydrogen) atoms. The number of nitrogens with zero attached hydrogens (tertiary/aromatic N) is 2. The smallest absolute Gasteiger partial charge is 0.255 e. The van der Waals surface area contributed by atoms with Crippen molar-refractivity contribution in [2.45, 2.75) is 19.9 Å². The molecule has 134 valence electrons. The Bertz CT molecular complexity index is 864. The van der Waals surface area contributed by atoms with Gasteiger partial charge in [-0.25, -0.2) is 0 Å². The van der Waals surface area contributed by atoms with Crippen LogP contribution in [-0.2, 0) is 13.0 Å². The van der Waals surface area contributed by atoms with Crippen LogP contribution in [0.3, 0.4) is 0 Å². The summed E-state index contributed by atoms with van der Waals surface area (Å²) in [6.07, 6.45) is 2.57. The lowest BCUT2D eigenvalue weighted by molar-refractivity contribution is 0.0951. The van der Waals surface area contributed by atoms with Crippen molar-refractivity contribution >= 4 is 11.6 Å². The predicted molar refractivity (Wildman–Crippen MR) is 105 cm³/mol. The summed E-state index contributed by atoms with van der Waals surface area (Å²) in [7, 11) is 4.01. The summed E-state index contributed by atoms with van der Waals surface area (Å²) in [5.74, 6) is -0.134. The number of carbonyl (C=O) groups excluding carboxylic acids is 1. The SMILES string of the molecule is CCc1ccc(-c2[nH]ncc2C(=O)NCc2ccc(N(C)C)cc2)cc1. The number of benzene rings is 2. The Morgan fingerprint density at radius 2 is 1.69 bits per heavy atom. The number of aromatic nitrogens is 2. The van der Waals surface area contributed by atoms with E-state index in [9.17, 15) is 4.79 Å². The van der Waals surface area contributed by atoms with Gasteiger partial charge in [-0.05, 0) is 29.7 Å². The minimum atomic E-state index is -0.134. The fraction of sp³-hybridized carbons (Fsp3) is 0.238. The highest BCUT2D eigenvalue weighted by Crippen LogP contribution is 2.22. The summed E-state index contributed by atoms with van der Waals surface area (Å²) in [5.41, 5.74) is 5.71. The Balaban J connectivity index is 1.69. The number of hydrogen-bond acceptors (Lipinski definition) is 3. The Hall–Kier alpha value is -3.08. The van der Waals surface area contributed by atoms with Gasteiger partial charge in [0.15, 0.2) is 0 Å². The molecular weight excluding hydrogens is 324 g/mol. The molecule has 0 radical (unpaired) electrons. The monoisotopic (exact) mass is 348 g/mol. The molecule has 0 saturated heterocycles. The van der Waals surface area contributed by atoms with Gasteiger partial charge in [0.05, 0.1) is 17.5 Å². The van der Waals surface area contributed by atoms with Gasteiger partial charge in [-0.15, -0.1) is 0 Å². The molecule has 1 amide bonds. The van der Waals surface area contributed by atoms with Crippen molar-refractivity contribution in [2.24, 2.45) is 0 Å². The normalized spacial score (nSPS) is 10.6. The van der Waals surface area contributed by atoms with Crippen molar-refractivity contribution in [3.63, 3.8) is 0 Å². The number of aryl methyl sites for hydroxylation is 1. The van der Waals surface area contributed by atoms with E-state index in [1.165, 1.54) is 5.56 Å². The summed E-state index contributed by atoms with van der Waals surface area (Å²) in [4.78, 5) is 14.6. The maximum Gasteiger partial charge on any atom is 0.255 e. The van der Waals surface area contributed by atoms with Crippen LogP contribution in [0.5, 0.6) is 0 Å². The molecule has 0 bridgehead atoms. The molecule has 1 aromatic heterocycles. The molecule has 0 spiro atoms. The number of hydrogen-bond donors (Lipinski definition) is 2. The molecule has 1 heterocycles. The van der Waals surface area contributed by atoms with Gasteiger partial charge in [0.1, 0.15) is 0 Å². The molecule has 0 saturated carbocycles. The largest absolute Gasteiger partial charge is 0.378 e. The minimum Gasteiger partial charge on any atom is -0.378 e. The molecule has 0 aliphatic carbocycles. The first kappa shape index (κ1) is 17.7. The van der Waals surface area contributed by atoms with Crippen LogP contribution in [0.15, 0.2) is 54.7 Å². The number of carbonyl (C=O) groups is 1. The molecule has 5 heteroatoms. The fourth-order valence-electron chi connectivity index (χ4n) is 2.77. The average molecular weight is 348 g/mol. The lowest BCUT2D eigenvalue weighted by atomic mass is 10.0. The van der Waals surface area contributed by atoms with Gasteiger partial charge in [0.2, 0.25) is 0 Å². The highest BCUT2D eigenvalue weighted by atomic mass is 16.1. The van der Waals surface area contributed by atoms with Crippen molar-refractivity contribution < 1.29 is 4.79 Å². The van der Waals surface area contributed by atoms with Gasteiger partial charge >= 0.3 is 0 Å². The minimum absolute atomic E-state index is 0.134. The van der Waals surface area contributed by atoms with E-state index in [0.29, 0.717) is 12.1 Å². The van der Waals surface area contributed by atoms with Crippen molar-refractivity contribution in [2.75, 3.05) is 19.0 Å². The van der Waals surface area contributed by atoms with Gasteiger partial charge in [-0.1, -0.05) is 43.3 Å². The summed E-state index contributed by atoms with van der Waals surface area (Å²) in [6.45, 7) is 2.60. The summed E-state index contributed by atoms with van der Waals surface area (Å²) < 4.78 is 0. The second-order valence-corrected chi connectivity index (χ2v) is 6.45. The molecule has 0 aliphatic rings. The molecule has 5 nitrogen and oxygen atoms in total. The van der Waals surface area contributed by atoms with Crippen molar-refractivity contribution in [1.29, 1.82) is 0 Å². The predicted octanol–water partition coefficient (Wildman–Crippen LogP) is 3.64. The summed E-state index contributed by atoms with van der Waals surface area (Å²) in [6, 6.07) is 16.3. The number of H-pyrrole nitrogens is 1. The van der Waals surface area contributed by atoms with E-state index >= 15 is 0 Å². The van der Waals surface area contributed by atoms with Crippen molar-refractivity contribution in [3.05, 3.63) is 71.4 Å². The highest BCUT2D eigenvalue weighted by Gasteiger charge is 2.15. The maximum absolute atomic E-state index is 12.6. The van der Waals surface area contributed by atoms with Gasteiger partial charge in [0.25, 0.3) is 5.91 Å². The quantitative estimate of drug-likeness (QED) is 0.715. The number of nitrogens with one attached hydrogen (secondary N) is 2. The van der Waals surface area contributed by atoms with E-state index in [4.69, 9.17) is 0 Å². The van der Waals surface area contributed by atoms with Crippen LogP contribution in [0.25, 0.3) is 11.3 Å². The Kier molecular flexibility index (Phi) is 5.37. The van der Waals surface area contributed by atoms with E-state index in [0.717, 1.165) is 28.9 Å². The van der Waals surface area contributed by atoms with E-state index in [-0.39, 0.29) is 5.91 Å². The number of amides is 1. The molecule has 0 fully saturated rings. The molecule has 0 unspecified atom stereocenters. The van der Waals surface area contributed by atoms with Crippen molar-refractivity contribution in [3.8, 4) is 11.3 Å². The molecule has 2 N–H and O–H groups in total. The second kappa shape index (κ2) is 7.87. The molecule has 0 atom stereocenters. The average Bonchev–Trinajstić information content (AvgIpc) is 3.16. The highest BCUT2D eigenvalue weighted by molar-refractivity contribution is 5.99. The zero-order valence-corrected chi connectivity index (χ0v) is 15.4. The van der Waals surface area contributed by atoms with Crippen LogP contribution in [0.1, 0.15) is 28.4 Å². The molecular formula is C21H24N4O. The first-order chi connectivity index (χ1) is 12.6. The first-order valence-electron chi connectivity index (χ1n) is 8.75. The molecule has 2 aromatic carbocycles. The standard InChI is InChI=1S/C21H24N4O/c1-4-15-5-9-17(10-6-15)20-19(14-23-24-20)21(26)22-13-16-7-11-18(12-8-16)25(2)3/h5-12,14H,4,13H2,1-3H3,(H,22,26)(H,23,24). The maximum atomic E-state index is 12.6. The summed E-state index contributed by atoms with van der Waals surface area (Å²) in [5, 5.41) is 9.97. The van der Waals surface area contributed by atoms with Gasteiger partial charge in [0, 0.05) is 31.9 Å². The van der Waals surface area contributed by atoms with Crippen molar-refractivity contribution in [1.82, 2.24) is 15.5 Å². The number of rotatable bonds is 6. The summed E-state index contributed by atoms with van der Waals surface area (Å²) >= 11 is 0. The van der Waals surface area contributed by atoms with Gasteiger partial charge in [-0.3, -0.25) is 9.89 Å². The van der Waals surface area contributed by atoms with Crippen LogP contribution in [0.4, 0.5) is 5.69 Å². The third kappa shape index (κ3) is 3.94. The van der Waals surface area contributed by atoms with Crippen LogP contribution in [0.2, 0.25) is 0 Å². The van der Waals surface area contributed by atoms with E-state index < -0.39 is 0 Å². The van der Waals surface area contributed by atoms with Crippen LogP contribution < -0.4 is 10.2 Å². The third-order valence-corrected chi connectivity index (χ3v) is 4.44.